The predicted molar refractivity (Wildman–Crippen MR) is 141 cm³/mol. The third kappa shape index (κ3) is 7.62. The molecule has 0 spiro atoms. The number of carbonyl (C=O) groups excluding carboxylic acids is 3. The lowest BCUT2D eigenvalue weighted by atomic mass is 9.72. The second-order valence-electron chi connectivity index (χ2n) is 9.68. The maximum atomic E-state index is 13.3. The zero-order valence-corrected chi connectivity index (χ0v) is 22.2. The fourth-order valence-electron chi connectivity index (χ4n) is 4.18. The zero-order chi connectivity index (χ0) is 28.7. The Hall–Kier alpha value is -3.81. The van der Waals surface area contributed by atoms with Crippen molar-refractivity contribution in [2.24, 2.45) is 5.92 Å². The highest BCUT2D eigenvalue weighted by Gasteiger charge is 2.49. The Kier molecular flexibility index (Phi) is 10.2. The molecule has 5 atom stereocenters. The van der Waals surface area contributed by atoms with Gasteiger partial charge in [-0.05, 0) is 38.4 Å². The van der Waals surface area contributed by atoms with Crippen LogP contribution in [-0.4, -0.2) is 83.3 Å². The van der Waals surface area contributed by atoms with Gasteiger partial charge in [0, 0.05) is 5.56 Å². The average Bonchev–Trinajstić information content (AvgIpc) is 2.90. The molecule has 1 aliphatic heterocycles. The molecule has 0 saturated carbocycles. The molecule has 0 aliphatic carbocycles. The molecular weight excluding hydrogens is 507 g/mol. The van der Waals surface area contributed by atoms with E-state index in [1.54, 1.807) is 12.1 Å². The normalized spacial score (nSPS) is 19.5. The third-order valence-corrected chi connectivity index (χ3v) is 6.11. The van der Waals surface area contributed by atoms with Gasteiger partial charge < -0.3 is 35.5 Å². The number of benzene rings is 1. The van der Waals surface area contributed by atoms with Crippen molar-refractivity contribution in [3.8, 4) is 11.3 Å². The molecule has 2 heterocycles. The highest BCUT2D eigenvalue weighted by atomic mass is 16.6. The standard InChI is InChI=1S/C26H33BN4O8/c1-14(2)13-19(27-38-22(25(35)36)21(28-4)26(37)39-27)30-24(34)20(15(3)32)31-23(33)18-12-8-11-17(29-18)16-9-6-5-7-10-16/h5-12,14-15,19-22,28,32H,13H2,1-4H3,(H,30,34)(H,31,33)(H,35,36)/t15-,19+,20+,21-,22-/m1/s1. The lowest BCUT2D eigenvalue weighted by Crippen LogP contribution is -2.65. The molecule has 1 aromatic carbocycles. The molecule has 0 radical (unpaired) electrons. The van der Waals surface area contributed by atoms with E-state index in [1.165, 1.54) is 20.0 Å². The minimum absolute atomic E-state index is 0.0209. The minimum atomic E-state index is -1.54. The summed E-state index contributed by atoms with van der Waals surface area (Å²) in [5.74, 6) is -4.65. The number of likely N-dealkylation sites (N-methyl/N-ethyl adjacent to an activating group) is 1. The van der Waals surface area contributed by atoms with Crippen molar-refractivity contribution in [3.63, 3.8) is 0 Å². The van der Waals surface area contributed by atoms with Crippen LogP contribution in [0.5, 0.6) is 0 Å². The zero-order valence-electron chi connectivity index (χ0n) is 22.2. The number of amides is 2. The van der Waals surface area contributed by atoms with E-state index < -0.39 is 61.1 Å². The highest BCUT2D eigenvalue weighted by Crippen LogP contribution is 2.20. The van der Waals surface area contributed by atoms with Gasteiger partial charge in [0.15, 0.2) is 6.10 Å². The van der Waals surface area contributed by atoms with Gasteiger partial charge in [0.05, 0.1) is 17.7 Å². The molecule has 0 bridgehead atoms. The molecular formula is C26H33BN4O8. The number of aliphatic hydroxyl groups is 1. The lowest BCUT2D eigenvalue weighted by Gasteiger charge is -2.35. The molecule has 2 amide bonds. The maximum Gasteiger partial charge on any atom is 0.552 e. The van der Waals surface area contributed by atoms with Gasteiger partial charge in [-0.15, -0.1) is 0 Å². The first-order valence-electron chi connectivity index (χ1n) is 12.6. The second-order valence-corrected chi connectivity index (χ2v) is 9.68. The summed E-state index contributed by atoms with van der Waals surface area (Å²) in [5.41, 5.74) is 1.40. The molecule has 39 heavy (non-hydrogen) atoms. The monoisotopic (exact) mass is 540 g/mol. The van der Waals surface area contributed by atoms with Crippen LogP contribution >= 0.6 is 0 Å². The van der Waals surface area contributed by atoms with E-state index in [2.05, 4.69) is 20.9 Å². The minimum Gasteiger partial charge on any atom is -0.507 e. The fraction of sp³-hybridized carbons (Fsp3) is 0.423. The van der Waals surface area contributed by atoms with Crippen molar-refractivity contribution in [1.29, 1.82) is 0 Å². The summed E-state index contributed by atoms with van der Waals surface area (Å²) in [6.07, 6.45) is -2.59. The van der Waals surface area contributed by atoms with Crippen LogP contribution in [0.25, 0.3) is 11.3 Å². The summed E-state index contributed by atoms with van der Waals surface area (Å²) in [5, 5.41) is 27.6. The number of nitrogens with one attached hydrogen (secondary N) is 3. The quantitative estimate of drug-likeness (QED) is 0.251. The van der Waals surface area contributed by atoms with E-state index in [9.17, 15) is 29.4 Å². The summed E-state index contributed by atoms with van der Waals surface area (Å²) >= 11 is 0. The van der Waals surface area contributed by atoms with Crippen LogP contribution in [0.1, 0.15) is 37.7 Å². The second kappa shape index (κ2) is 13.3. The Labute approximate surface area is 226 Å². The van der Waals surface area contributed by atoms with Gasteiger partial charge in [-0.2, -0.15) is 0 Å². The summed E-state index contributed by atoms with van der Waals surface area (Å²) < 4.78 is 10.9. The van der Waals surface area contributed by atoms with E-state index >= 15 is 0 Å². The van der Waals surface area contributed by atoms with Crippen molar-refractivity contribution in [1.82, 2.24) is 20.9 Å². The van der Waals surface area contributed by atoms with Crippen molar-refractivity contribution >= 4 is 30.9 Å². The van der Waals surface area contributed by atoms with Crippen LogP contribution in [0.4, 0.5) is 0 Å². The number of aliphatic hydroxyl groups excluding tert-OH is 1. The molecule has 12 nitrogen and oxygen atoms in total. The number of rotatable bonds is 11. The molecule has 2 aromatic rings. The van der Waals surface area contributed by atoms with Gasteiger partial charge in [0.1, 0.15) is 17.8 Å². The Morgan fingerprint density at radius 1 is 1.05 bits per heavy atom. The summed E-state index contributed by atoms with van der Waals surface area (Å²) in [6, 6.07) is 11.5. The Morgan fingerprint density at radius 3 is 2.33 bits per heavy atom. The molecule has 1 aromatic heterocycles. The van der Waals surface area contributed by atoms with Crippen LogP contribution in [0.15, 0.2) is 48.5 Å². The summed E-state index contributed by atoms with van der Waals surface area (Å²) in [7, 11) is 0.00306. The number of carboxylic acids is 1. The summed E-state index contributed by atoms with van der Waals surface area (Å²) in [4.78, 5) is 54.8. The Bertz CT molecular complexity index is 1180. The van der Waals surface area contributed by atoms with E-state index in [-0.39, 0.29) is 18.0 Å². The highest BCUT2D eigenvalue weighted by molar-refractivity contribution is 6.50. The number of aromatic nitrogens is 1. The molecule has 5 N–H and O–H groups in total. The van der Waals surface area contributed by atoms with Gasteiger partial charge in [-0.1, -0.05) is 50.2 Å². The largest absolute Gasteiger partial charge is 0.552 e. The first-order chi connectivity index (χ1) is 18.5. The van der Waals surface area contributed by atoms with Crippen LogP contribution in [0.3, 0.4) is 0 Å². The average molecular weight is 540 g/mol. The SMILES string of the molecule is CN[C@H]1C(=O)OB([C@H](CC(C)C)NC(=O)[C@@H](NC(=O)c2cccc(-c3ccccc3)n2)[C@@H](C)O)O[C@H]1C(=O)O. The van der Waals surface area contributed by atoms with Gasteiger partial charge in [0.2, 0.25) is 5.91 Å². The smallest absolute Gasteiger partial charge is 0.507 e. The summed E-state index contributed by atoms with van der Waals surface area (Å²) in [6.45, 7) is 5.05. The van der Waals surface area contributed by atoms with Crippen LogP contribution in [0.2, 0.25) is 0 Å². The number of nitrogens with zero attached hydrogens (tertiary/aromatic N) is 1. The van der Waals surface area contributed by atoms with Crippen molar-refractivity contribution in [2.75, 3.05) is 7.05 Å². The predicted octanol–water partition coefficient (Wildman–Crippen LogP) is 0.401. The number of hydrogen-bond acceptors (Lipinski definition) is 9. The number of pyridine rings is 1. The molecule has 1 saturated heterocycles. The number of aliphatic carboxylic acids is 1. The van der Waals surface area contributed by atoms with Crippen LogP contribution in [-0.2, 0) is 23.7 Å². The first kappa shape index (κ1) is 29.7. The molecule has 1 fully saturated rings. The third-order valence-electron chi connectivity index (χ3n) is 6.11. The van der Waals surface area contributed by atoms with Gasteiger partial charge >= 0.3 is 19.1 Å². The Morgan fingerprint density at radius 2 is 1.74 bits per heavy atom. The van der Waals surface area contributed by atoms with E-state index in [0.717, 1.165) is 5.56 Å². The van der Waals surface area contributed by atoms with Gasteiger partial charge in [0.25, 0.3) is 5.91 Å². The van der Waals surface area contributed by atoms with Gasteiger partial charge in [-0.25, -0.2) is 9.78 Å². The number of hydrogen-bond donors (Lipinski definition) is 5. The maximum absolute atomic E-state index is 13.3. The van der Waals surface area contributed by atoms with E-state index in [4.69, 9.17) is 9.31 Å². The van der Waals surface area contributed by atoms with Crippen molar-refractivity contribution in [3.05, 3.63) is 54.2 Å². The van der Waals surface area contributed by atoms with Crippen molar-refractivity contribution < 1.29 is 38.7 Å². The molecule has 13 heteroatoms. The van der Waals surface area contributed by atoms with E-state index in [0.29, 0.717) is 5.69 Å². The Balaban J connectivity index is 1.77. The molecule has 1 aliphatic rings. The number of carbonyl (C=O) groups is 4. The first-order valence-corrected chi connectivity index (χ1v) is 12.6. The molecule has 3 rings (SSSR count). The van der Waals surface area contributed by atoms with E-state index in [1.807, 2.05) is 44.2 Å². The molecule has 0 unspecified atom stereocenters. The van der Waals surface area contributed by atoms with Crippen LogP contribution in [0, 0.1) is 5.92 Å². The van der Waals surface area contributed by atoms with Crippen molar-refractivity contribution in [2.45, 2.75) is 57.4 Å². The van der Waals surface area contributed by atoms with Crippen LogP contribution < -0.4 is 16.0 Å². The lowest BCUT2D eigenvalue weighted by molar-refractivity contribution is -0.161. The van der Waals surface area contributed by atoms with Gasteiger partial charge in [-0.3, -0.25) is 14.4 Å². The number of carboxylic acid groups (broad SMARTS) is 1. The molecule has 208 valence electrons. The topological polar surface area (TPSA) is 176 Å². The fourth-order valence-corrected chi connectivity index (χ4v) is 4.18.